The molecule has 0 fully saturated rings. The second-order valence-corrected chi connectivity index (χ2v) is 7.87. The summed E-state index contributed by atoms with van der Waals surface area (Å²) >= 11 is 0. The zero-order valence-corrected chi connectivity index (χ0v) is 16.7. The zero-order chi connectivity index (χ0) is 20.4. The van der Waals surface area contributed by atoms with Crippen LogP contribution in [0.25, 0.3) is 11.3 Å². The molecule has 0 spiro atoms. The van der Waals surface area contributed by atoms with Gasteiger partial charge in [-0.05, 0) is 29.9 Å². The van der Waals surface area contributed by atoms with Crippen LogP contribution < -0.4 is 5.32 Å². The van der Waals surface area contributed by atoms with Gasteiger partial charge in [-0.25, -0.2) is 9.97 Å². The summed E-state index contributed by atoms with van der Waals surface area (Å²) in [5.41, 5.74) is 5.01. The molecule has 29 heavy (non-hydrogen) atoms. The normalized spacial score (nSPS) is 13.5. The topological polar surface area (TPSA) is 75.1 Å². The fourth-order valence-corrected chi connectivity index (χ4v) is 3.73. The summed E-state index contributed by atoms with van der Waals surface area (Å²) in [6.45, 7) is 3.99. The second-order valence-electron chi connectivity index (χ2n) is 7.87. The Morgan fingerprint density at radius 2 is 1.76 bits per heavy atom. The summed E-state index contributed by atoms with van der Waals surface area (Å²) in [6, 6.07) is 17.5. The van der Waals surface area contributed by atoms with Gasteiger partial charge in [0.05, 0.1) is 11.4 Å². The van der Waals surface area contributed by atoms with Crippen LogP contribution in [0.2, 0.25) is 0 Å². The lowest BCUT2D eigenvalue weighted by atomic mass is 9.91. The van der Waals surface area contributed by atoms with Crippen molar-refractivity contribution in [1.82, 2.24) is 9.97 Å². The molecule has 5 nitrogen and oxygen atoms in total. The van der Waals surface area contributed by atoms with Gasteiger partial charge in [0, 0.05) is 12.0 Å². The van der Waals surface area contributed by atoms with Gasteiger partial charge < -0.3 is 10.4 Å². The van der Waals surface area contributed by atoms with Gasteiger partial charge in [-0.2, -0.15) is 0 Å². The summed E-state index contributed by atoms with van der Waals surface area (Å²) in [4.78, 5) is 22.0. The van der Waals surface area contributed by atoms with Crippen molar-refractivity contribution < 1.29 is 9.90 Å². The molecule has 1 heterocycles. The Kier molecular flexibility index (Phi) is 5.41. The third-order valence-electron chi connectivity index (χ3n) is 5.12. The number of nitrogens with one attached hydrogen (secondary N) is 1. The van der Waals surface area contributed by atoms with Crippen LogP contribution in [-0.2, 0) is 17.6 Å². The highest BCUT2D eigenvalue weighted by atomic mass is 16.3. The minimum Gasteiger partial charge on any atom is -0.382 e. The van der Waals surface area contributed by atoms with E-state index in [2.05, 4.69) is 11.4 Å². The summed E-state index contributed by atoms with van der Waals surface area (Å²) < 4.78 is 0. The van der Waals surface area contributed by atoms with E-state index in [-0.39, 0.29) is 11.8 Å². The molecule has 1 aromatic heterocycles. The molecule has 1 atom stereocenters. The van der Waals surface area contributed by atoms with Crippen LogP contribution in [0, 0.1) is 5.92 Å². The number of rotatable bonds is 5. The molecule has 148 valence electrons. The van der Waals surface area contributed by atoms with E-state index < -0.39 is 6.10 Å². The number of hydrogen-bond donors (Lipinski definition) is 2. The SMILES string of the molecule is CC(C)CC(=O)Nc1nc2c(nc1C(O)c1ccccc1)-c1ccccc1CC2. The Balaban J connectivity index is 1.81. The van der Waals surface area contributed by atoms with Gasteiger partial charge >= 0.3 is 0 Å². The summed E-state index contributed by atoms with van der Waals surface area (Å²) in [5, 5.41) is 14.0. The quantitative estimate of drug-likeness (QED) is 0.684. The molecular formula is C24H25N3O2. The number of amides is 1. The number of aryl methyl sites for hydroxylation is 2. The molecule has 0 radical (unpaired) electrons. The van der Waals surface area contributed by atoms with Gasteiger partial charge in [0.2, 0.25) is 5.91 Å². The number of fused-ring (bicyclic) bond motifs is 3. The van der Waals surface area contributed by atoms with Crippen molar-refractivity contribution >= 4 is 11.7 Å². The molecule has 0 saturated carbocycles. The monoisotopic (exact) mass is 387 g/mol. The number of aliphatic hydroxyl groups excluding tert-OH is 1. The molecule has 4 rings (SSSR count). The lowest BCUT2D eigenvalue weighted by molar-refractivity contribution is -0.116. The number of aromatic nitrogens is 2. The maximum Gasteiger partial charge on any atom is 0.225 e. The summed E-state index contributed by atoms with van der Waals surface area (Å²) in [6.07, 6.45) is 1.06. The smallest absolute Gasteiger partial charge is 0.225 e. The number of anilines is 1. The van der Waals surface area contributed by atoms with E-state index in [1.165, 1.54) is 5.56 Å². The molecule has 0 saturated heterocycles. The molecule has 0 aliphatic heterocycles. The first-order chi connectivity index (χ1) is 14.0. The molecule has 0 bridgehead atoms. The molecule has 2 aromatic carbocycles. The van der Waals surface area contributed by atoms with E-state index in [4.69, 9.17) is 9.97 Å². The van der Waals surface area contributed by atoms with Crippen molar-refractivity contribution in [2.24, 2.45) is 5.92 Å². The van der Waals surface area contributed by atoms with Crippen LogP contribution >= 0.6 is 0 Å². The molecule has 2 N–H and O–H groups in total. The van der Waals surface area contributed by atoms with Gasteiger partial charge in [0.1, 0.15) is 11.8 Å². The Hall–Kier alpha value is -3.05. The fourth-order valence-electron chi connectivity index (χ4n) is 3.73. The first-order valence-electron chi connectivity index (χ1n) is 10.0. The minimum atomic E-state index is -0.975. The molecule has 1 unspecified atom stereocenters. The van der Waals surface area contributed by atoms with Crippen LogP contribution in [0.4, 0.5) is 5.82 Å². The third-order valence-corrected chi connectivity index (χ3v) is 5.12. The third kappa shape index (κ3) is 4.05. The number of carbonyl (C=O) groups excluding carboxylic acids is 1. The van der Waals surface area contributed by atoms with E-state index >= 15 is 0 Å². The number of carbonyl (C=O) groups is 1. The van der Waals surface area contributed by atoms with Crippen molar-refractivity contribution in [3.05, 3.63) is 77.1 Å². The van der Waals surface area contributed by atoms with E-state index in [1.807, 2.05) is 62.4 Å². The predicted molar refractivity (Wildman–Crippen MR) is 113 cm³/mol. The first kappa shape index (κ1) is 19.3. The largest absolute Gasteiger partial charge is 0.382 e. The zero-order valence-electron chi connectivity index (χ0n) is 16.7. The fraction of sp³-hybridized carbons (Fsp3) is 0.292. The Bertz CT molecular complexity index is 1030. The standard InChI is InChI=1S/C24H25N3O2/c1-15(2)14-20(28)26-24-22(23(29)17-9-4-3-5-10-17)27-21-18-11-7-6-8-16(18)12-13-19(21)25-24/h3-11,15,23,29H,12-14H2,1-2H3,(H,25,26,28). The van der Waals surface area contributed by atoms with Crippen LogP contribution in [0.1, 0.15) is 48.9 Å². The van der Waals surface area contributed by atoms with Crippen molar-refractivity contribution in [1.29, 1.82) is 0 Å². The lowest BCUT2D eigenvalue weighted by Gasteiger charge is -2.22. The van der Waals surface area contributed by atoms with Crippen LogP contribution in [0.3, 0.4) is 0 Å². The average Bonchev–Trinajstić information content (AvgIpc) is 2.72. The Morgan fingerprint density at radius 1 is 1.03 bits per heavy atom. The highest BCUT2D eigenvalue weighted by molar-refractivity contribution is 5.90. The van der Waals surface area contributed by atoms with Gasteiger partial charge in [0.15, 0.2) is 5.82 Å². The number of hydrogen-bond acceptors (Lipinski definition) is 4. The minimum absolute atomic E-state index is 0.119. The molecule has 1 aliphatic rings. The molecule has 1 aliphatic carbocycles. The molecule has 5 heteroatoms. The molecule has 1 amide bonds. The van der Waals surface area contributed by atoms with Gasteiger partial charge in [-0.1, -0.05) is 68.4 Å². The highest BCUT2D eigenvalue weighted by Gasteiger charge is 2.26. The maximum absolute atomic E-state index is 12.4. The second kappa shape index (κ2) is 8.13. The predicted octanol–water partition coefficient (Wildman–Crippen LogP) is 4.31. The van der Waals surface area contributed by atoms with Crippen molar-refractivity contribution in [2.75, 3.05) is 5.32 Å². The van der Waals surface area contributed by atoms with E-state index in [0.717, 1.165) is 29.8 Å². The van der Waals surface area contributed by atoms with Gasteiger partial charge in [-0.3, -0.25) is 4.79 Å². The first-order valence-corrected chi connectivity index (χ1v) is 10.0. The lowest BCUT2D eigenvalue weighted by Crippen LogP contribution is -2.21. The molecule has 3 aromatic rings. The average molecular weight is 387 g/mol. The Labute approximate surface area is 170 Å². The van der Waals surface area contributed by atoms with Gasteiger partial charge in [0.25, 0.3) is 0 Å². The van der Waals surface area contributed by atoms with E-state index in [9.17, 15) is 9.90 Å². The highest BCUT2D eigenvalue weighted by Crippen LogP contribution is 2.35. The Morgan fingerprint density at radius 3 is 2.52 bits per heavy atom. The van der Waals surface area contributed by atoms with Crippen LogP contribution in [-0.4, -0.2) is 21.0 Å². The maximum atomic E-state index is 12.4. The van der Waals surface area contributed by atoms with Crippen molar-refractivity contribution in [2.45, 2.75) is 39.2 Å². The van der Waals surface area contributed by atoms with Crippen LogP contribution in [0.15, 0.2) is 54.6 Å². The van der Waals surface area contributed by atoms with E-state index in [0.29, 0.717) is 23.5 Å². The number of benzene rings is 2. The molecular weight excluding hydrogens is 362 g/mol. The van der Waals surface area contributed by atoms with Gasteiger partial charge in [-0.15, -0.1) is 0 Å². The summed E-state index contributed by atoms with van der Waals surface area (Å²) in [5.74, 6) is 0.465. The van der Waals surface area contributed by atoms with E-state index in [1.54, 1.807) is 0 Å². The van der Waals surface area contributed by atoms with Crippen molar-refractivity contribution in [3.8, 4) is 11.3 Å². The van der Waals surface area contributed by atoms with Crippen LogP contribution in [0.5, 0.6) is 0 Å². The summed E-state index contributed by atoms with van der Waals surface area (Å²) in [7, 11) is 0. The van der Waals surface area contributed by atoms with Crippen molar-refractivity contribution in [3.63, 3.8) is 0 Å². The number of nitrogens with zero attached hydrogens (tertiary/aromatic N) is 2. The number of aliphatic hydroxyl groups is 1.